The second-order valence-corrected chi connectivity index (χ2v) is 5.34. The van der Waals surface area contributed by atoms with E-state index in [4.69, 9.17) is 9.84 Å². The number of aliphatic hydroxyl groups is 1. The summed E-state index contributed by atoms with van der Waals surface area (Å²) in [4.78, 5) is 22.2. The molecule has 1 unspecified atom stereocenters. The topological polar surface area (TPSA) is 95.9 Å². The molecule has 0 saturated carbocycles. The highest BCUT2D eigenvalue weighted by molar-refractivity contribution is 5.74. The number of benzene rings is 1. The Morgan fingerprint density at radius 2 is 2.00 bits per heavy atom. The predicted octanol–water partition coefficient (Wildman–Crippen LogP) is 1.83. The SMILES string of the molecule is CC(C)(C)OC(=O)NCc1cccc(C(O)C(=O)O)c1. The molecule has 20 heavy (non-hydrogen) atoms. The van der Waals surface area contributed by atoms with Crippen molar-refractivity contribution in [2.45, 2.75) is 39.0 Å². The summed E-state index contributed by atoms with van der Waals surface area (Å²) in [6.07, 6.45) is -2.13. The van der Waals surface area contributed by atoms with Crippen LogP contribution in [0, 0.1) is 0 Å². The van der Waals surface area contributed by atoms with Crippen LogP contribution in [-0.4, -0.2) is 27.9 Å². The first-order valence-electron chi connectivity index (χ1n) is 6.15. The van der Waals surface area contributed by atoms with Crippen molar-refractivity contribution in [2.75, 3.05) is 0 Å². The summed E-state index contributed by atoms with van der Waals surface area (Å²) in [6.45, 7) is 5.47. The molecule has 1 aromatic carbocycles. The lowest BCUT2D eigenvalue weighted by Crippen LogP contribution is -2.32. The van der Waals surface area contributed by atoms with Crippen LogP contribution in [0.1, 0.15) is 38.0 Å². The van der Waals surface area contributed by atoms with Crippen molar-refractivity contribution in [2.24, 2.45) is 0 Å². The molecule has 3 N–H and O–H groups in total. The lowest BCUT2D eigenvalue weighted by atomic mass is 10.1. The van der Waals surface area contributed by atoms with Crippen LogP contribution in [0.2, 0.25) is 0 Å². The number of rotatable bonds is 4. The van der Waals surface area contributed by atoms with E-state index in [-0.39, 0.29) is 12.1 Å². The Bertz CT molecular complexity index is 493. The third-order valence-corrected chi connectivity index (χ3v) is 2.34. The number of alkyl carbamates (subject to hydrolysis) is 1. The number of carbonyl (C=O) groups is 2. The monoisotopic (exact) mass is 281 g/mol. The van der Waals surface area contributed by atoms with E-state index in [2.05, 4.69) is 5.32 Å². The average molecular weight is 281 g/mol. The Morgan fingerprint density at radius 1 is 1.35 bits per heavy atom. The minimum atomic E-state index is -1.57. The van der Waals surface area contributed by atoms with Crippen LogP contribution in [0.5, 0.6) is 0 Å². The van der Waals surface area contributed by atoms with Gasteiger partial charge in [-0.05, 0) is 31.9 Å². The van der Waals surface area contributed by atoms with Gasteiger partial charge in [0, 0.05) is 6.54 Å². The second-order valence-electron chi connectivity index (χ2n) is 5.34. The summed E-state index contributed by atoms with van der Waals surface area (Å²) in [5, 5.41) is 20.7. The van der Waals surface area contributed by atoms with Gasteiger partial charge in [0.15, 0.2) is 6.10 Å². The summed E-state index contributed by atoms with van der Waals surface area (Å²) in [6, 6.07) is 6.37. The number of amides is 1. The molecule has 0 bridgehead atoms. The maximum absolute atomic E-state index is 11.5. The number of aliphatic hydroxyl groups excluding tert-OH is 1. The van der Waals surface area contributed by atoms with Crippen molar-refractivity contribution >= 4 is 12.1 Å². The predicted molar refractivity (Wildman–Crippen MR) is 72.1 cm³/mol. The number of carboxylic acid groups (broad SMARTS) is 1. The van der Waals surface area contributed by atoms with Crippen LogP contribution in [0.4, 0.5) is 4.79 Å². The molecule has 0 fully saturated rings. The van der Waals surface area contributed by atoms with Gasteiger partial charge in [0.05, 0.1) is 0 Å². The number of carbonyl (C=O) groups excluding carboxylic acids is 1. The Morgan fingerprint density at radius 3 is 2.55 bits per heavy atom. The second kappa shape index (κ2) is 6.38. The Labute approximate surface area is 117 Å². The molecule has 1 aromatic rings. The van der Waals surface area contributed by atoms with Crippen LogP contribution in [0.15, 0.2) is 24.3 Å². The van der Waals surface area contributed by atoms with E-state index >= 15 is 0 Å². The molecule has 6 nitrogen and oxygen atoms in total. The normalized spacial score (nSPS) is 12.6. The number of aliphatic carboxylic acids is 1. The lowest BCUT2D eigenvalue weighted by molar-refractivity contribution is -0.146. The van der Waals surface area contributed by atoms with Gasteiger partial charge in [-0.15, -0.1) is 0 Å². The van der Waals surface area contributed by atoms with Gasteiger partial charge in [-0.25, -0.2) is 9.59 Å². The van der Waals surface area contributed by atoms with E-state index in [1.165, 1.54) is 12.1 Å². The highest BCUT2D eigenvalue weighted by atomic mass is 16.6. The summed E-state index contributed by atoms with van der Waals surface area (Å²) >= 11 is 0. The molecule has 0 aliphatic heterocycles. The van der Waals surface area contributed by atoms with Crippen LogP contribution in [0.3, 0.4) is 0 Å². The zero-order valence-electron chi connectivity index (χ0n) is 11.7. The van der Waals surface area contributed by atoms with Crippen LogP contribution in [-0.2, 0) is 16.1 Å². The first kappa shape index (κ1) is 16.0. The molecule has 1 atom stereocenters. The zero-order valence-corrected chi connectivity index (χ0v) is 11.7. The Balaban J connectivity index is 2.63. The van der Waals surface area contributed by atoms with Gasteiger partial charge in [-0.1, -0.05) is 24.3 Å². The fourth-order valence-corrected chi connectivity index (χ4v) is 1.50. The molecule has 0 aliphatic carbocycles. The molecule has 0 aliphatic rings. The van der Waals surface area contributed by atoms with Gasteiger partial charge in [0.1, 0.15) is 5.60 Å². The fraction of sp³-hybridized carbons (Fsp3) is 0.429. The number of hydrogen-bond donors (Lipinski definition) is 3. The summed E-state index contributed by atoms with van der Waals surface area (Å²) in [7, 11) is 0. The van der Waals surface area contributed by atoms with Crippen LogP contribution in [0.25, 0.3) is 0 Å². The summed E-state index contributed by atoms with van der Waals surface area (Å²) < 4.78 is 5.08. The van der Waals surface area contributed by atoms with Gasteiger partial charge in [0.2, 0.25) is 0 Å². The Kier molecular flexibility index (Phi) is 5.10. The molecule has 0 heterocycles. The number of hydrogen-bond acceptors (Lipinski definition) is 4. The fourth-order valence-electron chi connectivity index (χ4n) is 1.50. The quantitative estimate of drug-likeness (QED) is 0.782. The van der Waals surface area contributed by atoms with Crippen molar-refractivity contribution < 1.29 is 24.5 Å². The van der Waals surface area contributed by atoms with Gasteiger partial charge in [0.25, 0.3) is 0 Å². The van der Waals surface area contributed by atoms with Crippen molar-refractivity contribution in [3.8, 4) is 0 Å². The third kappa shape index (κ3) is 5.27. The van der Waals surface area contributed by atoms with Crippen molar-refractivity contribution in [1.29, 1.82) is 0 Å². The number of nitrogens with one attached hydrogen (secondary N) is 1. The minimum absolute atomic E-state index is 0.190. The smallest absolute Gasteiger partial charge is 0.407 e. The molecular formula is C14H19NO5. The van der Waals surface area contributed by atoms with E-state index in [1.54, 1.807) is 32.9 Å². The number of carboxylic acids is 1. The van der Waals surface area contributed by atoms with E-state index in [1.807, 2.05) is 0 Å². The molecule has 110 valence electrons. The van der Waals surface area contributed by atoms with Gasteiger partial charge in [-0.2, -0.15) is 0 Å². The van der Waals surface area contributed by atoms with Gasteiger partial charge >= 0.3 is 12.1 Å². The summed E-state index contributed by atoms with van der Waals surface area (Å²) in [5.41, 5.74) is 0.362. The first-order valence-corrected chi connectivity index (χ1v) is 6.15. The standard InChI is InChI=1S/C14H19NO5/c1-14(2,3)20-13(19)15-8-9-5-4-6-10(7-9)11(16)12(17)18/h4-7,11,16H,8H2,1-3H3,(H,15,19)(H,17,18). The lowest BCUT2D eigenvalue weighted by Gasteiger charge is -2.19. The summed E-state index contributed by atoms with van der Waals surface area (Å²) in [5.74, 6) is -1.32. The Hall–Kier alpha value is -2.08. The molecule has 1 rings (SSSR count). The zero-order chi connectivity index (χ0) is 15.3. The number of ether oxygens (including phenoxy) is 1. The molecule has 0 radical (unpaired) electrons. The van der Waals surface area contributed by atoms with Crippen molar-refractivity contribution in [1.82, 2.24) is 5.32 Å². The van der Waals surface area contributed by atoms with Gasteiger partial charge < -0.3 is 20.3 Å². The highest BCUT2D eigenvalue weighted by Gasteiger charge is 2.17. The third-order valence-electron chi connectivity index (χ3n) is 2.34. The van der Waals surface area contributed by atoms with Crippen LogP contribution >= 0.6 is 0 Å². The maximum atomic E-state index is 11.5. The van der Waals surface area contributed by atoms with E-state index < -0.39 is 23.8 Å². The molecule has 6 heteroatoms. The molecular weight excluding hydrogens is 262 g/mol. The first-order chi connectivity index (χ1) is 9.19. The minimum Gasteiger partial charge on any atom is -0.479 e. The largest absolute Gasteiger partial charge is 0.479 e. The molecule has 1 amide bonds. The maximum Gasteiger partial charge on any atom is 0.407 e. The van der Waals surface area contributed by atoms with Crippen LogP contribution < -0.4 is 5.32 Å². The highest BCUT2D eigenvalue weighted by Crippen LogP contribution is 2.15. The van der Waals surface area contributed by atoms with E-state index in [0.717, 1.165) is 0 Å². The molecule has 0 aromatic heterocycles. The van der Waals surface area contributed by atoms with Gasteiger partial charge in [-0.3, -0.25) is 0 Å². The van der Waals surface area contributed by atoms with Crippen molar-refractivity contribution in [3.63, 3.8) is 0 Å². The van der Waals surface area contributed by atoms with E-state index in [9.17, 15) is 14.7 Å². The van der Waals surface area contributed by atoms with E-state index in [0.29, 0.717) is 5.56 Å². The average Bonchev–Trinajstić information content (AvgIpc) is 2.33. The molecule has 0 spiro atoms. The van der Waals surface area contributed by atoms with Crippen molar-refractivity contribution in [3.05, 3.63) is 35.4 Å². The molecule has 0 saturated heterocycles.